The molecule has 6 rings (SSSR count). The first-order valence-electron chi connectivity index (χ1n) is 19.1. The molecule has 4 heterocycles. The number of carbonyl (C=O) groups excluding carboxylic acids is 4. The molecule has 0 spiro atoms. The fraction of sp³-hybridized carbons (Fsp3) is 0.429. The number of amides is 4. The van der Waals surface area contributed by atoms with Gasteiger partial charge in [-0.2, -0.15) is 0 Å². The molecule has 4 N–H and O–H groups in total. The van der Waals surface area contributed by atoms with Gasteiger partial charge in [0.2, 0.25) is 11.8 Å². The van der Waals surface area contributed by atoms with E-state index in [4.69, 9.17) is 9.47 Å². The summed E-state index contributed by atoms with van der Waals surface area (Å²) in [5.41, 5.74) is 5.29. The molecule has 14 heteroatoms. The molecule has 14 nitrogen and oxygen atoms in total. The minimum absolute atomic E-state index is 0.106. The van der Waals surface area contributed by atoms with Crippen LogP contribution in [0.1, 0.15) is 88.2 Å². The van der Waals surface area contributed by atoms with E-state index in [1.807, 2.05) is 76.2 Å². The molecule has 2 aliphatic heterocycles. The molecule has 0 saturated carbocycles. The minimum atomic E-state index is -0.690. The zero-order chi connectivity index (χ0) is 39.9. The lowest BCUT2D eigenvalue weighted by Crippen LogP contribution is -2.51. The van der Waals surface area contributed by atoms with Crippen LogP contribution in [-0.4, -0.2) is 93.1 Å². The number of nitrogens with zero attached hydrogens (tertiary/aromatic N) is 4. The Bertz CT molecular complexity index is 1930. The maximum atomic E-state index is 13.5. The van der Waals surface area contributed by atoms with Gasteiger partial charge < -0.3 is 39.9 Å². The number of carbonyl (C=O) groups is 4. The standard InChI is InChI=1S/C42H50N8O6/c1-25(2)35(47-41(53)55-5)39(51)49-21-7-9-33(49)37-43-23-31(45-37)29-17-13-27(14-18-29)11-12-28-15-19-30(20-16-28)32-24-44-38(46-32)34-10-8-22-50(34)40(52)36(26(3)4)48-42(54)56-6/h13-20,23-26,33-36H,7-10,21-22H2,1-6H3,(H,43,45)(H,44,46)(H,47,53)(H,48,54)/t33-,34-,35-,36-/m0/s1. The van der Waals surface area contributed by atoms with Gasteiger partial charge in [0.05, 0.1) is 50.1 Å². The van der Waals surface area contributed by atoms with Gasteiger partial charge in [0.15, 0.2) is 0 Å². The van der Waals surface area contributed by atoms with Crippen molar-refractivity contribution >= 4 is 24.0 Å². The number of methoxy groups -OCH3 is 2. The molecular formula is C42H50N8O6. The third kappa shape index (κ3) is 8.88. The Morgan fingerprint density at radius 2 is 1.04 bits per heavy atom. The number of aromatic nitrogens is 4. The number of alkyl carbamates (subject to hydrolysis) is 2. The predicted octanol–water partition coefficient (Wildman–Crippen LogP) is 5.95. The summed E-state index contributed by atoms with van der Waals surface area (Å²) in [5.74, 6) is 7.41. The van der Waals surface area contributed by atoms with Gasteiger partial charge in [-0.3, -0.25) is 9.59 Å². The molecule has 0 aliphatic carbocycles. The number of aromatic amines is 2. The van der Waals surface area contributed by atoms with Crippen molar-refractivity contribution in [3.05, 3.63) is 83.7 Å². The van der Waals surface area contributed by atoms with E-state index in [2.05, 4.69) is 42.4 Å². The minimum Gasteiger partial charge on any atom is -0.453 e. The van der Waals surface area contributed by atoms with Crippen LogP contribution in [0, 0.1) is 23.7 Å². The number of H-pyrrole nitrogens is 2. The van der Waals surface area contributed by atoms with Gasteiger partial charge >= 0.3 is 12.2 Å². The van der Waals surface area contributed by atoms with Gasteiger partial charge in [0, 0.05) is 24.2 Å². The first-order chi connectivity index (χ1) is 27.0. The molecule has 2 fully saturated rings. The molecular weight excluding hydrogens is 713 g/mol. The predicted molar refractivity (Wildman–Crippen MR) is 210 cm³/mol. The first kappa shape index (κ1) is 39.6. The number of benzene rings is 2. The first-order valence-corrected chi connectivity index (χ1v) is 19.1. The second kappa shape index (κ2) is 17.6. The van der Waals surface area contributed by atoms with Crippen LogP contribution in [0.15, 0.2) is 60.9 Å². The van der Waals surface area contributed by atoms with Crippen LogP contribution in [-0.2, 0) is 19.1 Å². The number of hydrogen-bond acceptors (Lipinski definition) is 8. The maximum Gasteiger partial charge on any atom is 0.407 e. The molecule has 2 aromatic carbocycles. The van der Waals surface area contributed by atoms with Gasteiger partial charge in [-0.15, -0.1) is 0 Å². The van der Waals surface area contributed by atoms with E-state index in [9.17, 15) is 19.2 Å². The summed E-state index contributed by atoms with van der Waals surface area (Å²) in [5, 5.41) is 5.37. The van der Waals surface area contributed by atoms with E-state index in [0.29, 0.717) is 24.7 Å². The number of hydrogen-bond donors (Lipinski definition) is 4. The van der Waals surface area contributed by atoms with E-state index >= 15 is 0 Å². The third-order valence-electron chi connectivity index (χ3n) is 10.4. The van der Waals surface area contributed by atoms with Crippen molar-refractivity contribution in [3.8, 4) is 34.4 Å². The lowest BCUT2D eigenvalue weighted by atomic mass is 10.0. The average molecular weight is 763 g/mol. The number of rotatable bonds is 10. The van der Waals surface area contributed by atoms with Crippen LogP contribution in [0.25, 0.3) is 22.5 Å². The van der Waals surface area contributed by atoms with Crippen molar-refractivity contribution in [1.82, 2.24) is 40.4 Å². The van der Waals surface area contributed by atoms with Crippen molar-refractivity contribution in [2.75, 3.05) is 27.3 Å². The average Bonchev–Trinajstić information content (AvgIpc) is 4.04. The topological polar surface area (TPSA) is 175 Å². The zero-order valence-corrected chi connectivity index (χ0v) is 32.7. The van der Waals surface area contributed by atoms with Crippen molar-refractivity contribution in [2.24, 2.45) is 11.8 Å². The molecule has 0 bridgehead atoms. The molecule has 4 atom stereocenters. The second-order valence-corrected chi connectivity index (χ2v) is 14.9. The van der Waals surface area contributed by atoms with E-state index in [-0.39, 0.29) is 35.7 Å². The SMILES string of the molecule is COC(=O)N[C@H](C(=O)N1CCC[C@H]1c1ncc(-c2ccc(C#Cc3ccc(-c4cnc([C@@H]5CCCN5C(=O)[C@@H](NC(=O)OC)C(C)C)[nH]4)cc3)cc2)[nH]1)C(C)C. The van der Waals surface area contributed by atoms with Crippen LogP contribution < -0.4 is 10.6 Å². The second-order valence-electron chi connectivity index (χ2n) is 14.9. The molecule has 0 radical (unpaired) electrons. The Balaban J connectivity index is 1.08. The highest BCUT2D eigenvalue weighted by molar-refractivity contribution is 5.87. The summed E-state index contributed by atoms with van der Waals surface area (Å²) >= 11 is 0. The Kier molecular flexibility index (Phi) is 12.4. The molecule has 294 valence electrons. The van der Waals surface area contributed by atoms with Crippen LogP contribution in [0.3, 0.4) is 0 Å². The quantitative estimate of drug-likeness (QED) is 0.143. The maximum absolute atomic E-state index is 13.5. The summed E-state index contributed by atoms with van der Waals surface area (Å²) < 4.78 is 9.49. The van der Waals surface area contributed by atoms with E-state index in [1.165, 1.54) is 14.2 Å². The van der Waals surface area contributed by atoms with Gasteiger partial charge in [-0.1, -0.05) is 63.8 Å². The third-order valence-corrected chi connectivity index (χ3v) is 10.4. The lowest BCUT2D eigenvalue weighted by Gasteiger charge is -2.30. The molecule has 2 saturated heterocycles. The van der Waals surface area contributed by atoms with Gasteiger partial charge in [-0.25, -0.2) is 19.6 Å². The Hall–Kier alpha value is -6.10. The summed E-state index contributed by atoms with van der Waals surface area (Å²) in [6.07, 6.45) is 5.55. The normalized spacial score (nSPS) is 17.6. The molecule has 2 aliphatic rings. The molecule has 4 aromatic rings. The zero-order valence-electron chi connectivity index (χ0n) is 32.7. The molecule has 4 amide bonds. The van der Waals surface area contributed by atoms with Crippen LogP contribution in [0.2, 0.25) is 0 Å². The molecule has 2 aromatic heterocycles. The van der Waals surface area contributed by atoms with E-state index in [1.54, 1.807) is 22.2 Å². The number of imidazole rings is 2. The smallest absolute Gasteiger partial charge is 0.407 e. The summed E-state index contributed by atoms with van der Waals surface area (Å²) in [4.78, 5) is 70.5. The highest BCUT2D eigenvalue weighted by Crippen LogP contribution is 2.34. The van der Waals surface area contributed by atoms with Gasteiger partial charge in [-0.05, 0) is 72.9 Å². The van der Waals surface area contributed by atoms with E-state index in [0.717, 1.165) is 59.3 Å². The van der Waals surface area contributed by atoms with Crippen LogP contribution in [0.4, 0.5) is 9.59 Å². The van der Waals surface area contributed by atoms with Crippen molar-refractivity contribution in [1.29, 1.82) is 0 Å². The van der Waals surface area contributed by atoms with Crippen molar-refractivity contribution in [2.45, 2.75) is 77.5 Å². The Morgan fingerprint density at radius 3 is 1.38 bits per heavy atom. The summed E-state index contributed by atoms with van der Waals surface area (Å²) in [7, 11) is 2.57. The molecule has 0 unspecified atom stereocenters. The number of ether oxygens (including phenoxy) is 2. The fourth-order valence-corrected chi connectivity index (χ4v) is 7.30. The van der Waals surface area contributed by atoms with Gasteiger partial charge in [0.1, 0.15) is 23.7 Å². The van der Waals surface area contributed by atoms with E-state index < -0.39 is 24.3 Å². The monoisotopic (exact) mass is 762 g/mol. The van der Waals surface area contributed by atoms with Crippen molar-refractivity contribution < 1.29 is 28.7 Å². The lowest BCUT2D eigenvalue weighted by molar-refractivity contribution is -0.136. The molecule has 56 heavy (non-hydrogen) atoms. The van der Waals surface area contributed by atoms with Crippen LogP contribution in [0.5, 0.6) is 0 Å². The fourth-order valence-electron chi connectivity index (χ4n) is 7.30. The van der Waals surface area contributed by atoms with Crippen molar-refractivity contribution in [3.63, 3.8) is 0 Å². The van der Waals surface area contributed by atoms with Crippen LogP contribution >= 0.6 is 0 Å². The Morgan fingerprint density at radius 1 is 0.661 bits per heavy atom. The summed E-state index contributed by atoms with van der Waals surface area (Å²) in [6.45, 7) is 8.76. The summed E-state index contributed by atoms with van der Waals surface area (Å²) in [6, 6.07) is 14.0. The highest BCUT2D eigenvalue weighted by Gasteiger charge is 2.39. The number of nitrogens with one attached hydrogen (secondary N) is 4. The number of likely N-dealkylation sites (tertiary alicyclic amines) is 2. The Labute approximate surface area is 327 Å². The highest BCUT2D eigenvalue weighted by atomic mass is 16.5. The largest absolute Gasteiger partial charge is 0.453 e. The van der Waals surface area contributed by atoms with Gasteiger partial charge in [0.25, 0.3) is 0 Å².